The molecular weight excluding hydrogens is 272 g/mol. The van der Waals surface area contributed by atoms with Crippen molar-refractivity contribution in [2.24, 2.45) is 11.8 Å². The second-order valence-electron chi connectivity index (χ2n) is 5.86. The third kappa shape index (κ3) is 2.13. The van der Waals surface area contributed by atoms with E-state index in [1.165, 1.54) is 6.42 Å². The van der Waals surface area contributed by atoms with Crippen LogP contribution in [0.3, 0.4) is 0 Å². The first kappa shape index (κ1) is 13.6. The van der Waals surface area contributed by atoms with E-state index in [0.717, 1.165) is 12.8 Å². The molecular formula is C15H18N2O2S. The molecule has 20 heavy (non-hydrogen) atoms. The van der Waals surface area contributed by atoms with Crippen LogP contribution >= 0.6 is 0 Å². The van der Waals surface area contributed by atoms with Crippen molar-refractivity contribution in [3.63, 3.8) is 0 Å². The summed E-state index contributed by atoms with van der Waals surface area (Å²) in [4.78, 5) is 0.314. The Morgan fingerprint density at radius 1 is 1.25 bits per heavy atom. The molecule has 2 fully saturated rings. The zero-order valence-corrected chi connectivity index (χ0v) is 12.4. The number of fused-ring (bicyclic) bond motifs is 1. The number of hydrogen-bond donors (Lipinski definition) is 0. The molecule has 1 aliphatic heterocycles. The average molecular weight is 290 g/mol. The predicted molar refractivity (Wildman–Crippen MR) is 75.5 cm³/mol. The van der Waals surface area contributed by atoms with Crippen LogP contribution in [-0.4, -0.2) is 25.8 Å². The van der Waals surface area contributed by atoms with Gasteiger partial charge in [-0.25, -0.2) is 8.42 Å². The molecule has 2 unspecified atom stereocenters. The first-order valence-electron chi connectivity index (χ1n) is 7.03. The first-order chi connectivity index (χ1) is 9.52. The van der Waals surface area contributed by atoms with Gasteiger partial charge in [0.15, 0.2) is 0 Å². The summed E-state index contributed by atoms with van der Waals surface area (Å²) in [5, 5.41) is 8.92. The fourth-order valence-corrected chi connectivity index (χ4v) is 5.10. The topological polar surface area (TPSA) is 61.2 Å². The molecule has 1 aromatic carbocycles. The zero-order valence-electron chi connectivity index (χ0n) is 11.5. The van der Waals surface area contributed by atoms with Gasteiger partial charge in [0.05, 0.1) is 16.5 Å². The van der Waals surface area contributed by atoms with E-state index in [1.807, 2.05) is 0 Å². The molecule has 1 saturated heterocycles. The Labute approximate surface area is 120 Å². The molecule has 0 radical (unpaired) electrons. The molecule has 4 nitrogen and oxygen atoms in total. The van der Waals surface area contributed by atoms with E-state index >= 15 is 0 Å². The van der Waals surface area contributed by atoms with Crippen LogP contribution in [0.15, 0.2) is 23.1 Å². The SMILES string of the molecule is Cc1cc(S(=O)(=O)N2CC3CCCC3C2)ccc1C#N. The fraction of sp³-hybridized carbons (Fsp3) is 0.533. The highest BCUT2D eigenvalue weighted by molar-refractivity contribution is 7.89. The minimum atomic E-state index is -3.40. The number of nitrogens with zero attached hydrogens (tertiary/aromatic N) is 2. The van der Waals surface area contributed by atoms with Crippen LogP contribution in [-0.2, 0) is 10.0 Å². The monoisotopic (exact) mass is 290 g/mol. The van der Waals surface area contributed by atoms with E-state index < -0.39 is 10.0 Å². The smallest absolute Gasteiger partial charge is 0.207 e. The summed E-state index contributed by atoms with van der Waals surface area (Å²) in [5.74, 6) is 1.09. The number of benzene rings is 1. The second-order valence-corrected chi connectivity index (χ2v) is 7.80. The predicted octanol–water partition coefficient (Wildman–Crippen LogP) is 2.29. The minimum absolute atomic E-state index is 0.314. The lowest BCUT2D eigenvalue weighted by molar-refractivity contribution is 0.445. The molecule has 2 atom stereocenters. The van der Waals surface area contributed by atoms with Crippen LogP contribution in [0.1, 0.15) is 30.4 Å². The van der Waals surface area contributed by atoms with Crippen molar-refractivity contribution in [3.8, 4) is 6.07 Å². The molecule has 1 saturated carbocycles. The molecule has 1 heterocycles. The van der Waals surface area contributed by atoms with E-state index in [1.54, 1.807) is 29.4 Å². The molecule has 0 spiro atoms. The fourth-order valence-electron chi connectivity index (χ4n) is 3.46. The summed E-state index contributed by atoms with van der Waals surface area (Å²) in [6, 6.07) is 6.83. The van der Waals surface area contributed by atoms with Crippen LogP contribution in [0.4, 0.5) is 0 Å². The quantitative estimate of drug-likeness (QED) is 0.839. The largest absolute Gasteiger partial charge is 0.243 e. The summed E-state index contributed by atoms with van der Waals surface area (Å²) < 4.78 is 26.9. The maximum atomic E-state index is 12.7. The lowest BCUT2D eigenvalue weighted by Gasteiger charge is -2.17. The Morgan fingerprint density at radius 2 is 1.90 bits per heavy atom. The normalized spacial score (nSPS) is 26.4. The van der Waals surface area contributed by atoms with Gasteiger partial charge in [0.2, 0.25) is 10.0 Å². The highest BCUT2D eigenvalue weighted by Crippen LogP contribution is 2.39. The number of sulfonamides is 1. The summed E-state index contributed by atoms with van der Waals surface area (Å²) in [7, 11) is -3.40. The van der Waals surface area contributed by atoms with Crippen LogP contribution in [0.2, 0.25) is 0 Å². The maximum absolute atomic E-state index is 12.7. The summed E-state index contributed by atoms with van der Waals surface area (Å²) in [5.41, 5.74) is 1.25. The molecule has 1 aromatic rings. The van der Waals surface area contributed by atoms with Gasteiger partial charge in [-0.3, -0.25) is 0 Å². The highest BCUT2D eigenvalue weighted by atomic mass is 32.2. The van der Waals surface area contributed by atoms with E-state index in [-0.39, 0.29) is 0 Å². The number of aryl methyl sites for hydroxylation is 1. The van der Waals surface area contributed by atoms with Gasteiger partial charge in [0.1, 0.15) is 0 Å². The van der Waals surface area contributed by atoms with Gasteiger partial charge in [-0.05, 0) is 55.4 Å². The van der Waals surface area contributed by atoms with E-state index in [0.29, 0.717) is 40.9 Å². The van der Waals surface area contributed by atoms with E-state index in [4.69, 9.17) is 5.26 Å². The van der Waals surface area contributed by atoms with Crippen LogP contribution in [0.25, 0.3) is 0 Å². The minimum Gasteiger partial charge on any atom is -0.207 e. The molecule has 3 rings (SSSR count). The molecule has 0 N–H and O–H groups in total. The standard InChI is InChI=1S/C15H18N2O2S/c1-11-7-15(6-5-12(11)8-16)20(18,19)17-9-13-3-2-4-14(13)10-17/h5-7,13-14H,2-4,9-10H2,1H3. The molecule has 1 aliphatic carbocycles. The average Bonchev–Trinajstić information content (AvgIpc) is 2.99. The summed E-state index contributed by atoms with van der Waals surface area (Å²) in [6.45, 7) is 3.09. The maximum Gasteiger partial charge on any atom is 0.243 e. The van der Waals surface area contributed by atoms with Crippen LogP contribution in [0.5, 0.6) is 0 Å². The third-order valence-corrected chi connectivity index (χ3v) is 6.48. The molecule has 0 bridgehead atoms. The van der Waals surface area contributed by atoms with E-state index in [2.05, 4.69) is 6.07 Å². The van der Waals surface area contributed by atoms with Crippen molar-refractivity contribution in [2.45, 2.75) is 31.1 Å². The van der Waals surface area contributed by atoms with Crippen molar-refractivity contribution in [1.82, 2.24) is 4.31 Å². The molecule has 106 valence electrons. The highest BCUT2D eigenvalue weighted by Gasteiger charge is 2.41. The lowest BCUT2D eigenvalue weighted by Crippen LogP contribution is -2.29. The van der Waals surface area contributed by atoms with Crippen molar-refractivity contribution < 1.29 is 8.42 Å². The Kier molecular flexibility index (Phi) is 3.31. The van der Waals surface area contributed by atoms with Gasteiger partial charge >= 0.3 is 0 Å². The Hall–Kier alpha value is -1.38. The van der Waals surface area contributed by atoms with Crippen molar-refractivity contribution in [1.29, 1.82) is 5.26 Å². The second kappa shape index (κ2) is 4.87. The summed E-state index contributed by atoms with van der Waals surface area (Å²) >= 11 is 0. The lowest BCUT2D eigenvalue weighted by atomic mass is 10.0. The van der Waals surface area contributed by atoms with Crippen LogP contribution in [0, 0.1) is 30.1 Å². The van der Waals surface area contributed by atoms with Gasteiger partial charge in [0, 0.05) is 13.1 Å². The van der Waals surface area contributed by atoms with Crippen molar-refractivity contribution in [3.05, 3.63) is 29.3 Å². The van der Waals surface area contributed by atoms with Crippen molar-refractivity contribution in [2.75, 3.05) is 13.1 Å². The zero-order chi connectivity index (χ0) is 14.3. The number of nitriles is 1. The van der Waals surface area contributed by atoms with Gasteiger partial charge in [-0.2, -0.15) is 9.57 Å². The Bertz CT molecular complexity index is 664. The third-order valence-electron chi connectivity index (χ3n) is 4.65. The molecule has 5 heteroatoms. The van der Waals surface area contributed by atoms with Gasteiger partial charge in [-0.15, -0.1) is 0 Å². The number of hydrogen-bond acceptors (Lipinski definition) is 3. The molecule has 0 amide bonds. The van der Waals surface area contributed by atoms with Gasteiger partial charge in [-0.1, -0.05) is 6.42 Å². The van der Waals surface area contributed by atoms with Crippen LogP contribution < -0.4 is 0 Å². The summed E-state index contributed by atoms with van der Waals surface area (Å²) in [6.07, 6.45) is 3.55. The molecule has 2 aliphatic rings. The Balaban J connectivity index is 1.89. The Morgan fingerprint density at radius 3 is 2.45 bits per heavy atom. The van der Waals surface area contributed by atoms with Crippen molar-refractivity contribution >= 4 is 10.0 Å². The first-order valence-corrected chi connectivity index (χ1v) is 8.47. The van der Waals surface area contributed by atoms with E-state index in [9.17, 15) is 8.42 Å². The van der Waals surface area contributed by atoms with Gasteiger partial charge in [0.25, 0.3) is 0 Å². The van der Waals surface area contributed by atoms with Gasteiger partial charge < -0.3 is 0 Å². The molecule has 0 aromatic heterocycles. The number of rotatable bonds is 2.